The van der Waals surface area contributed by atoms with Crippen molar-refractivity contribution in [2.75, 3.05) is 26.7 Å². The maximum atomic E-state index is 10.2. The Bertz CT molecular complexity index is 161. The number of aldehydes is 1. The highest BCUT2D eigenvalue weighted by Gasteiger charge is 2.21. The maximum Gasteiger partial charge on any atom is 0.121 e. The highest BCUT2D eigenvalue weighted by atomic mass is 16.1. The van der Waals surface area contributed by atoms with Gasteiger partial charge < -0.3 is 15.0 Å². The quantitative estimate of drug-likeness (QED) is 0.632. The molecule has 1 N–H and O–H groups in total. The molecule has 1 rings (SSSR count). The third-order valence-electron chi connectivity index (χ3n) is 2.60. The Balaban J connectivity index is 2.12. The topological polar surface area (TPSA) is 32.3 Å². The molecule has 3 nitrogen and oxygen atoms in total. The van der Waals surface area contributed by atoms with Gasteiger partial charge in [0.25, 0.3) is 0 Å². The molecule has 0 aromatic carbocycles. The Kier molecular flexibility index (Phi) is 4.39. The van der Waals surface area contributed by atoms with Gasteiger partial charge >= 0.3 is 0 Å². The number of hydrogen-bond acceptors (Lipinski definition) is 3. The molecular weight excluding hydrogens is 164 g/mol. The van der Waals surface area contributed by atoms with Gasteiger partial charge in [-0.25, -0.2) is 0 Å². The maximum absolute atomic E-state index is 10.2. The molecule has 1 heterocycles. The molecule has 0 aromatic rings. The highest BCUT2D eigenvalue weighted by molar-refractivity contribution is 5.49. The number of carbonyl (C=O) groups excluding carboxylic acids is 1. The Morgan fingerprint density at radius 2 is 2.38 bits per heavy atom. The van der Waals surface area contributed by atoms with E-state index < -0.39 is 0 Å². The summed E-state index contributed by atoms with van der Waals surface area (Å²) in [4.78, 5) is 12.4. The number of hydrogen-bond donors (Lipinski definition) is 1. The second-order valence-electron chi connectivity index (χ2n) is 4.16. The fourth-order valence-electron chi connectivity index (χ4n) is 1.90. The molecule has 0 bridgehead atoms. The molecule has 0 saturated carbocycles. The van der Waals surface area contributed by atoms with Crippen LogP contribution in [0.5, 0.6) is 0 Å². The lowest BCUT2D eigenvalue weighted by Crippen LogP contribution is -2.35. The zero-order valence-electron chi connectivity index (χ0n) is 8.62. The van der Waals surface area contributed by atoms with Gasteiger partial charge in [-0.15, -0.1) is 0 Å². The molecule has 0 spiro atoms. The minimum Gasteiger partial charge on any atom is -0.312 e. The minimum absolute atomic E-state index is 0.631. The summed E-state index contributed by atoms with van der Waals surface area (Å²) in [6.45, 7) is 5.37. The van der Waals surface area contributed by atoms with Crippen LogP contribution in [0.2, 0.25) is 0 Å². The second-order valence-corrected chi connectivity index (χ2v) is 4.16. The molecule has 0 aliphatic carbocycles. The molecule has 3 heteroatoms. The van der Waals surface area contributed by atoms with Crippen molar-refractivity contribution < 1.29 is 4.79 Å². The van der Waals surface area contributed by atoms with Crippen LogP contribution in [0.4, 0.5) is 0 Å². The lowest BCUT2D eigenvalue weighted by atomic mass is 10.1. The van der Waals surface area contributed by atoms with Crippen molar-refractivity contribution in [3.8, 4) is 0 Å². The van der Waals surface area contributed by atoms with Gasteiger partial charge in [0, 0.05) is 25.6 Å². The Morgan fingerprint density at radius 3 is 2.92 bits per heavy atom. The third kappa shape index (κ3) is 3.87. The van der Waals surface area contributed by atoms with Crippen molar-refractivity contribution >= 4 is 6.29 Å². The molecule has 2 atom stereocenters. The van der Waals surface area contributed by atoms with Gasteiger partial charge in [0.15, 0.2) is 0 Å². The molecule has 0 amide bonds. The van der Waals surface area contributed by atoms with Gasteiger partial charge in [-0.05, 0) is 25.9 Å². The van der Waals surface area contributed by atoms with E-state index in [1.807, 2.05) is 0 Å². The van der Waals surface area contributed by atoms with Crippen LogP contribution in [0.15, 0.2) is 0 Å². The van der Waals surface area contributed by atoms with Gasteiger partial charge in [0.1, 0.15) is 6.29 Å². The molecule has 76 valence electrons. The summed E-state index contributed by atoms with van der Waals surface area (Å²) in [6.07, 6.45) is 2.91. The predicted molar refractivity (Wildman–Crippen MR) is 53.7 cm³/mol. The zero-order chi connectivity index (χ0) is 9.68. The summed E-state index contributed by atoms with van der Waals surface area (Å²) >= 11 is 0. The van der Waals surface area contributed by atoms with Crippen LogP contribution in [0.1, 0.15) is 19.8 Å². The zero-order valence-corrected chi connectivity index (χ0v) is 8.62. The normalized spacial score (nSPS) is 28.2. The second kappa shape index (κ2) is 5.35. The molecule has 1 aliphatic rings. The fraction of sp³-hybridized carbons (Fsp3) is 0.900. The lowest BCUT2D eigenvalue weighted by Gasteiger charge is -2.19. The number of carbonyl (C=O) groups is 1. The van der Waals surface area contributed by atoms with Crippen molar-refractivity contribution in [3.63, 3.8) is 0 Å². The van der Waals surface area contributed by atoms with Crippen LogP contribution >= 0.6 is 0 Å². The minimum atomic E-state index is 0.631. The van der Waals surface area contributed by atoms with Gasteiger partial charge in [0.05, 0.1) is 0 Å². The van der Waals surface area contributed by atoms with E-state index in [0.29, 0.717) is 12.5 Å². The molecule has 0 aromatic heterocycles. The number of likely N-dealkylation sites (N-methyl/N-ethyl adjacent to an activating group) is 1. The number of nitrogens with one attached hydrogen (secondary N) is 1. The van der Waals surface area contributed by atoms with E-state index in [4.69, 9.17) is 0 Å². The van der Waals surface area contributed by atoms with Crippen molar-refractivity contribution in [2.45, 2.75) is 25.8 Å². The third-order valence-corrected chi connectivity index (χ3v) is 2.60. The Morgan fingerprint density at radius 1 is 1.62 bits per heavy atom. The Labute approximate surface area is 80.5 Å². The van der Waals surface area contributed by atoms with E-state index in [0.717, 1.165) is 31.8 Å². The van der Waals surface area contributed by atoms with E-state index in [-0.39, 0.29) is 0 Å². The van der Waals surface area contributed by atoms with Crippen molar-refractivity contribution in [3.05, 3.63) is 0 Å². The SMILES string of the molecule is CC1CNC(CN(C)CCC=O)C1. The molecule has 13 heavy (non-hydrogen) atoms. The predicted octanol–water partition coefficient (Wildman–Crippen LogP) is 0.505. The van der Waals surface area contributed by atoms with E-state index in [2.05, 4.69) is 24.2 Å². The summed E-state index contributed by atoms with van der Waals surface area (Å²) in [6, 6.07) is 0.631. The van der Waals surface area contributed by atoms with Gasteiger partial charge in [-0.2, -0.15) is 0 Å². The summed E-state index contributed by atoms with van der Waals surface area (Å²) in [5.74, 6) is 0.810. The smallest absolute Gasteiger partial charge is 0.121 e. The first-order chi connectivity index (χ1) is 6.22. The average Bonchev–Trinajstić information content (AvgIpc) is 2.48. The molecule has 1 fully saturated rings. The average molecular weight is 184 g/mol. The largest absolute Gasteiger partial charge is 0.312 e. The molecule has 1 saturated heterocycles. The standard InChI is InChI=1S/C10H20N2O/c1-9-6-10(11-7-9)8-12(2)4-3-5-13/h5,9-11H,3-4,6-8H2,1-2H3. The van der Waals surface area contributed by atoms with Gasteiger partial charge in [-0.3, -0.25) is 0 Å². The molecule has 0 radical (unpaired) electrons. The van der Waals surface area contributed by atoms with E-state index in [1.165, 1.54) is 6.42 Å². The van der Waals surface area contributed by atoms with E-state index in [9.17, 15) is 4.79 Å². The lowest BCUT2D eigenvalue weighted by molar-refractivity contribution is -0.108. The first-order valence-corrected chi connectivity index (χ1v) is 5.08. The highest BCUT2D eigenvalue weighted by Crippen LogP contribution is 2.13. The van der Waals surface area contributed by atoms with E-state index in [1.54, 1.807) is 0 Å². The summed E-state index contributed by atoms with van der Waals surface area (Å²) < 4.78 is 0. The summed E-state index contributed by atoms with van der Waals surface area (Å²) in [5.41, 5.74) is 0. The monoisotopic (exact) mass is 184 g/mol. The van der Waals surface area contributed by atoms with Crippen molar-refractivity contribution in [2.24, 2.45) is 5.92 Å². The van der Waals surface area contributed by atoms with Crippen LogP contribution in [-0.4, -0.2) is 43.9 Å². The fourth-order valence-corrected chi connectivity index (χ4v) is 1.90. The van der Waals surface area contributed by atoms with Crippen LogP contribution in [0.3, 0.4) is 0 Å². The van der Waals surface area contributed by atoms with Crippen molar-refractivity contribution in [1.82, 2.24) is 10.2 Å². The van der Waals surface area contributed by atoms with Gasteiger partial charge in [0.2, 0.25) is 0 Å². The van der Waals surface area contributed by atoms with Crippen molar-refractivity contribution in [1.29, 1.82) is 0 Å². The molecule has 1 aliphatic heterocycles. The van der Waals surface area contributed by atoms with Crippen LogP contribution in [0.25, 0.3) is 0 Å². The van der Waals surface area contributed by atoms with Crippen LogP contribution < -0.4 is 5.32 Å². The van der Waals surface area contributed by atoms with Gasteiger partial charge in [-0.1, -0.05) is 6.92 Å². The number of nitrogens with zero attached hydrogens (tertiary/aromatic N) is 1. The summed E-state index contributed by atoms with van der Waals surface area (Å²) in [5, 5.41) is 3.48. The first-order valence-electron chi connectivity index (χ1n) is 5.08. The van der Waals surface area contributed by atoms with E-state index >= 15 is 0 Å². The van der Waals surface area contributed by atoms with Crippen LogP contribution in [0, 0.1) is 5.92 Å². The first kappa shape index (κ1) is 10.7. The Hall–Kier alpha value is -0.410. The van der Waals surface area contributed by atoms with Crippen LogP contribution in [-0.2, 0) is 4.79 Å². The number of rotatable bonds is 5. The summed E-state index contributed by atoms with van der Waals surface area (Å²) in [7, 11) is 2.08. The molecule has 2 unspecified atom stereocenters. The molecular formula is C10H20N2O.